The number of carbonyl (C=O) groups excluding carboxylic acids is 3. The predicted molar refractivity (Wildman–Crippen MR) is 89.2 cm³/mol. The first-order valence-corrected chi connectivity index (χ1v) is 8.07. The first kappa shape index (κ1) is 19.3. The number of aryl methyl sites for hydroxylation is 2. The number of fused-ring (bicyclic) bond motifs is 1. The number of nitrogens with one attached hydrogen (secondary N) is 1. The third-order valence-electron chi connectivity index (χ3n) is 3.78. The highest BCUT2D eigenvalue weighted by Gasteiger charge is 2.16. The maximum absolute atomic E-state index is 12.0. The summed E-state index contributed by atoms with van der Waals surface area (Å²) in [5.41, 5.74) is 2.09. The number of methoxy groups -OCH3 is 1. The van der Waals surface area contributed by atoms with Crippen molar-refractivity contribution in [2.75, 3.05) is 20.3 Å². The van der Waals surface area contributed by atoms with E-state index in [0.29, 0.717) is 30.0 Å². The lowest BCUT2D eigenvalue weighted by atomic mass is 10.1. The molecule has 140 valence electrons. The molecule has 0 radical (unpaired) electrons. The smallest absolute Gasteiger partial charge is 0.310 e. The maximum atomic E-state index is 12.0. The Morgan fingerprint density at radius 2 is 2.00 bits per heavy atom. The molecule has 2 aromatic heterocycles. The van der Waals surface area contributed by atoms with Crippen LogP contribution in [0.25, 0.3) is 5.78 Å². The molecule has 2 heterocycles. The lowest BCUT2D eigenvalue weighted by Crippen LogP contribution is -2.30. The average molecular weight is 363 g/mol. The summed E-state index contributed by atoms with van der Waals surface area (Å²) in [5, 5.41) is 6.62. The molecule has 1 amide bonds. The number of hydrogen-bond donors (Lipinski definition) is 1. The van der Waals surface area contributed by atoms with Gasteiger partial charge in [-0.25, -0.2) is 9.50 Å². The van der Waals surface area contributed by atoms with Crippen molar-refractivity contribution in [1.29, 1.82) is 0 Å². The summed E-state index contributed by atoms with van der Waals surface area (Å²) in [5.74, 6) is -0.846. The van der Waals surface area contributed by atoms with Crippen molar-refractivity contribution in [1.82, 2.24) is 24.9 Å². The predicted octanol–water partition coefficient (Wildman–Crippen LogP) is -0.104. The second kappa shape index (κ2) is 8.88. The van der Waals surface area contributed by atoms with E-state index < -0.39 is 11.9 Å². The number of carbonyl (C=O) groups is 3. The summed E-state index contributed by atoms with van der Waals surface area (Å²) < 4.78 is 11.0. The molecule has 26 heavy (non-hydrogen) atoms. The average Bonchev–Trinajstić information content (AvgIpc) is 3.08. The summed E-state index contributed by atoms with van der Waals surface area (Å²) >= 11 is 0. The molecule has 0 saturated carbocycles. The Morgan fingerprint density at radius 1 is 1.23 bits per heavy atom. The lowest BCUT2D eigenvalue weighted by molar-refractivity contribution is -0.147. The van der Waals surface area contributed by atoms with Gasteiger partial charge in [-0.15, -0.1) is 0 Å². The van der Waals surface area contributed by atoms with Crippen molar-refractivity contribution in [3.05, 3.63) is 23.3 Å². The maximum Gasteiger partial charge on any atom is 0.310 e. The molecule has 0 aliphatic carbocycles. The molecule has 0 aromatic carbocycles. The molecule has 2 rings (SSSR count). The van der Waals surface area contributed by atoms with Gasteiger partial charge in [-0.05, 0) is 20.3 Å². The van der Waals surface area contributed by atoms with E-state index in [-0.39, 0.29) is 25.4 Å². The highest BCUT2D eigenvalue weighted by molar-refractivity contribution is 5.81. The van der Waals surface area contributed by atoms with Crippen LogP contribution >= 0.6 is 0 Å². The quantitative estimate of drug-likeness (QED) is 0.509. The zero-order chi connectivity index (χ0) is 19.1. The fraction of sp³-hybridized carbons (Fsp3) is 0.500. The number of amides is 1. The lowest BCUT2D eigenvalue weighted by Gasteiger charge is -2.10. The van der Waals surface area contributed by atoms with Crippen molar-refractivity contribution in [3.63, 3.8) is 0 Å². The van der Waals surface area contributed by atoms with Gasteiger partial charge in [0.1, 0.15) is 6.33 Å². The van der Waals surface area contributed by atoms with Gasteiger partial charge >= 0.3 is 11.9 Å². The molecular formula is C16H21N5O5. The second-order valence-electron chi connectivity index (χ2n) is 5.60. The van der Waals surface area contributed by atoms with E-state index in [1.807, 2.05) is 6.92 Å². The molecular weight excluding hydrogens is 342 g/mol. The Balaban J connectivity index is 1.80. The molecule has 1 N–H and O–H groups in total. The second-order valence-corrected chi connectivity index (χ2v) is 5.60. The zero-order valence-corrected chi connectivity index (χ0v) is 14.9. The van der Waals surface area contributed by atoms with Crippen LogP contribution in [-0.2, 0) is 30.3 Å². The van der Waals surface area contributed by atoms with Crippen LogP contribution in [0.2, 0.25) is 0 Å². The fourth-order valence-corrected chi connectivity index (χ4v) is 2.37. The van der Waals surface area contributed by atoms with E-state index >= 15 is 0 Å². The number of nitrogens with zero attached hydrogens (tertiary/aromatic N) is 4. The number of rotatable bonds is 8. The van der Waals surface area contributed by atoms with Crippen LogP contribution in [0.4, 0.5) is 0 Å². The van der Waals surface area contributed by atoms with Gasteiger partial charge in [-0.3, -0.25) is 14.4 Å². The van der Waals surface area contributed by atoms with Gasteiger partial charge in [-0.2, -0.15) is 10.1 Å². The number of hydrogen-bond acceptors (Lipinski definition) is 8. The van der Waals surface area contributed by atoms with Crippen LogP contribution in [0.1, 0.15) is 29.8 Å². The Hall–Kier alpha value is -3.04. The van der Waals surface area contributed by atoms with E-state index in [1.165, 1.54) is 13.4 Å². The Labute approximate surface area is 149 Å². The standard InChI is InChI=1S/C16H21N5O5/c1-10-12(11(2)21-16(20-10)18-9-19-21)7-15(24)26-8-13(22)17-6-4-5-14(23)25-3/h9H,4-8H2,1-3H3,(H,17,22). The first-order valence-electron chi connectivity index (χ1n) is 8.07. The van der Waals surface area contributed by atoms with Crippen LogP contribution in [-0.4, -0.2) is 57.7 Å². The van der Waals surface area contributed by atoms with E-state index in [9.17, 15) is 14.4 Å². The molecule has 0 fully saturated rings. The van der Waals surface area contributed by atoms with Crippen molar-refractivity contribution in [2.24, 2.45) is 0 Å². The summed E-state index contributed by atoms with van der Waals surface area (Å²) in [6.45, 7) is 3.51. The Bertz CT molecular complexity index is 817. The van der Waals surface area contributed by atoms with Crippen LogP contribution in [0.15, 0.2) is 6.33 Å². The van der Waals surface area contributed by atoms with Crippen LogP contribution in [0, 0.1) is 13.8 Å². The largest absolute Gasteiger partial charge is 0.469 e. The van der Waals surface area contributed by atoms with Gasteiger partial charge in [0.2, 0.25) is 0 Å². The monoisotopic (exact) mass is 363 g/mol. The molecule has 0 spiro atoms. The summed E-state index contributed by atoms with van der Waals surface area (Å²) in [6.07, 6.45) is 2.04. The van der Waals surface area contributed by atoms with Crippen LogP contribution in [0.5, 0.6) is 0 Å². The highest BCUT2D eigenvalue weighted by Crippen LogP contribution is 2.14. The molecule has 2 aromatic rings. The Kier molecular flexibility index (Phi) is 6.59. The third-order valence-corrected chi connectivity index (χ3v) is 3.78. The van der Waals surface area contributed by atoms with E-state index in [0.717, 1.165) is 5.69 Å². The van der Waals surface area contributed by atoms with Gasteiger partial charge < -0.3 is 14.8 Å². The van der Waals surface area contributed by atoms with Gasteiger partial charge in [-0.1, -0.05) is 0 Å². The molecule has 0 unspecified atom stereocenters. The van der Waals surface area contributed by atoms with E-state index in [4.69, 9.17) is 4.74 Å². The highest BCUT2D eigenvalue weighted by atomic mass is 16.5. The Morgan fingerprint density at radius 3 is 2.73 bits per heavy atom. The minimum Gasteiger partial charge on any atom is -0.469 e. The number of ether oxygens (including phenoxy) is 2. The van der Waals surface area contributed by atoms with Gasteiger partial charge in [0, 0.05) is 29.9 Å². The minimum atomic E-state index is -0.540. The van der Waals surface area contributed by atoms with Crippen LogP contribution in [0.3, 0.4) is 0 Å². The van der Waals surface area contributed by atoms with Crippen molar-refractivity contribution in [2.45, 2.75) is 33.1 Å². The van der Waals surface area contributed by atoms with Gasteiger partial charge in [0.25, 0.3) is 11.7 Å². The van der Waals surface area contributed by atoms with E-state index in [1.54, 1.807) is 11.4 Å². The fourth-order valence-electron chi connectivity index (χ4n) is 2.37. The molecule has 10 nitrogen and oxygen atoms in total. The van der Waals surface area contributed by atoms with Crippen LogP contribution < -0.4 is 5.32 Å². The zero-order valence-electron chi connectivity index (χ0n) is 14.9. The molecule has 0 aliphatic heterocycles. The summed E-state index contributed by atoms with van der Waals surface area (Å²) in [4.78, 5) is 42.9. The normalized spacial score (nSPS) is 10.6. The first-order chi connectivity index (χ1) is 12.4. The molecule has 0 bridgehead atoms. The van der Waals surface area contributed by atoms with Crippen molar-refractivity contribution >= 4 is 23.6 Å². The number of esters is 2. The third kappa shape index (κ3) is 4.98. The van der Waals surface area contributed by atoms with E-state index in [2.05, 4.69) is 25.1 Å². The van der Waals surface area contributed by atoms with Crippen molar-refractivity contribution < 1.29 is 23.9 Å². The summed E-state index contributed by atoms with van der Waals surface area (Å²) in [7, 11) is 1.31. The topological polar surface area (TPSA) is 125 Å². The summed E-state index contributed by atoms with van der Waals surface area (Å²) in [6, 6.07) is 0. The van der Waals surface area contributed by atoms with Gasteiger partial charge in [0.05, 0.1) is 13.5 Å². The van der Waals surface area contributed by atoms with Gasteiger partial charge in [0.15, 0.2) is 6.61 Å². The SMILES string of the molecule is COC(=O)CCCNC(=O)COC(=O)Cc1c(C)nc2ncnn2c1C. The molecule has 0 atom stereocenters. The molecule has 10 heteroatoms. The van der Waals surface area contributed by atoms with Crippen molar-refractivity contribution in [3.8, 4) is 0 Å². The minimum absolute atomic E-state index is 0.0178. The number of aromatic nitrogens is 4. The molecule has 0 aliphatic rings. The molecule has 0 saturated heterocycles.